The minimum atomic E-state index is -0.190. The summed E-state index contributed by atoms with van der Waals surface area (Å²) in [4.78, 5) is 8.89. The number of guanidine groups is 1. The first-order chi connectivity index (χ1) is 11.1. The van der Waals surface area contributed by atoms with E-state index in [0.29, 0.717) is 19.0 Å². The van der Waals surface area contributed by atoms with Crippen LogP contribution in [0.2, 0.25) is 0 Å². The van der Waals surface area contributed by atoms with Crippen LogP contribution in [0.5, 0.6) is 0 Å². The Morgan fingerprint density at radius 3 is 2.61 bits per heavy atom. The van der Waals surface area contributed by atoms with Gasteiger partial charge in [0.15, 0.2) is 5.96 Å². The van der Waals surface area contributed by atoms with Gasteiger partial charge in [-0.15, -0.1) is 0 Å². The van der Waals surface area contributed by atoms with Gasteiger partial charge in [0, 0.05) is 46.3 Å². The number of aryl methyl sites for hydroxylation is 2. The van der Waals surface area contributed by atoms with Crippen molar-refractivity contribution in [1.82, 2.24) is 15.6 Å². The van der Waals surface area contributed by atoms with Crippen molar-refractivity contribution in [1.29, 1.82) is 0 Å². The Bertz CT molecular complexity index is 502. The van der Waals surface area contributed by atoms with E-state index in [1.54, 1.807) is 7.11 Å². The molecule has 0 amide bonds. The fourth-order valence-electron chi connectivity index (χ4n) is 2.54. The second-order valence-electron chi connectivity index (χ2n) is 5.80. The van der Waals surface area contributed by atoms with Gasteiger partial charge in [0.2, 0.25) is 5.89 Å². The highest BCUT2D eigenvalue weighted by molar-refractivity contribution is 5.79. The molecule has 1 fully saturated rings. The Morgan fingerprint density at radius 2 is 2.04 bits per heavy atom. The van der Waals surface area contributed by atoms with Gasteiger partial charge in [0.05, 0.1) is 11.3 Å². The van der Waals surface area contributed by atoms with E-state index < -0.39 is 0 Å². The van der Waals surface area contributed by atoms with Gasteiger partial charge in [-0.25, -0.2) is 9.98 Å². The van der Waals surface area contributed by atoms with Crippen LogP contribution in [0.25, 0.3) is 0 Å². The molecule has 1 aliphatic heterocycles. The zero-order valence-corrected chi connectivity index (χ0v) is 14.6. The van der Waals surface area contributed by atoms with Crippen molar-refractivity contribution in [3.8, 4) is 0 Å². The number of rotatable bonds is 6. The number of aliphatic imine (C=N–C) groups is 1. The topological polar surface area (TPSA) is 80.9 Å². The summed E-state index contributed by atoms with van der Waals surface area (Å²) in [5.41, 5.74) is 0.721. The maximum Gasteiger partial charge on any atom is 0.216 e. The Hall–Kier alpha value is -1.60. The van der Waals surface area contributed by atoms with E-state index in [0.717, 1.165) is 50.0 Å². The molecule has 0 aromatic carbocycles. The van der Waals surface area contributed by atoms with E-state index >= 15 is 0 Å². The summed E-state index contributed by atoms with van der Waals surface area (Å²) in [5.74, 6) is 2.21. The highest BCUT2D eigenvalue weighted by atomic mass is 16.5. The molecule has 130 valence electrons. The Morgan fingerprint density at radius 1 is 1.30 bits per heavy atom. The lowest BCUT2D eigenvalue weighted by Crippen LogP contribution is -2.50. The van der Waals surface area contributed by atoms with Crippen LogP contribution in [0.1, 0.15) is 37.1 Å². The number of methoxy groups -OCH3 is 1. The molecular weight excluding hydrogens is 296 g/mol. The van der Waals surface area contributed by atoms with Crippen molar-refractivity contribution >= 4 is 5.96 Å². The first-order valence-corrected chi connectivity index (χ1v) is 8.16. The molecule has 7 heteroatoms. The summed E-state index contributed by atoms with van der Waals surface area (Å²) in [6.07, 6.45) is 1.77. The Kier molecular flexibility index (Phi) is 6.41. The van der Waals surface area contributed by atoms with Gasteiger partial charge in [0.25, 0.3) is 0 Å². The molecule has 7 nitrogen and oxygen atoms in total. The first-order valence-electron chi connectivity index (χ1n) is 8.16. The maximum absolute atomic E-state index is 5.73. The lowest BCUT2D eigenvalue weighted by Gasteiger charge is -2.36. The normalized spacial score (nSPS) is 18.0. The number of hydrogen-bond acceptors (Lipinski definition) is 5. The lowest BCUT2D eigenvalue weighted by atomic mass is 9.94. The van der Waals surface area contributed by atoms with Crippen molar-refractivity contribution in [2.45, 2.75) is 45.8 Å². The van der Waals surface area contributed by atoms with Gasteiger partial charge in [-0.2, -0.15) is 0 Å². The molecule has 1 aromatic rings. The number of aromatic nitrogens is 1. The molecule has 0 atom stereocenters. The number of oxazole rings is 1. The third kappa shape index (κ3) is 4.94. The fraction of sp³-hybridized carbons (Fsp3) is 0.750. The molecule has 2 N–H and O–H groups in total. The second-order valence-corrected chi connectivity index (χ2v) is 5.80. The number of hydrogen-bond donors (Lipinski definition) is 2. The van der Waals surface area contributed by atoms with Crippen LogP contribution in [-0.4, -0.2) is 50.0 Å². The standard InChI is InChI=1S/C16H28N4O3/c1-5-17-15(18-10-14-20-12(2)13(3)23-14)19-11-16(21-4)6-8-22-9-7-16/h5-11H2,1-4H3,(H2,17,18,19). The number of nitrogens with one attached hydrogen (secondary N) is 2. The smallest absolute Gasteiger partial charge is 0.216 e. The monoisotopic (exact) mass is 324 g/mol. The highest BCUT2D eigenvalue weighted by Gasteiger charge is 2.32. The molecule has 0 aliphatic carbocycles. The van der Waals surface area contributed by atoms with Crippen molar-refractivity contribution in [3.63, 3.8) is 0 Å². The van der Waals surface area contributed by atoms with E-state index in [2.05, 4.69) is 20.6 Å². The van der Waals surface area contributed by atoms with Crippen LogP contribution in [0.15, 0.2) is 9.41 Å². The number of nitrogens with zero attached hydrogens (tertiary/aromatic N) is 2. The van der Waals surface area contributed by atoms with Gasteiger partial charge in [-0.1, -0.05) is 0 Å². The van der Waals surface area contributed by atoms with Crippen molar-refractivity contribution in [2.24, 2.45) is 4.99 Å². The molecule has 0 unspecified atom stereocenters. The van der Waals surface area contributed by atoms with Gasteiger partial charge in [0.1, 0.15) is 12.3 Å². The zero-order valence-electron chi connectivity index (χ0n) is 14.6. The van der Waals surface area contributed by atoms with Crippen molar-refractivity contribution in [2.75, 3.05) is 33.4 Å². The van der Waals surface area contributed by atoms with E-state index in [1.165, 1.54) is 0 Å². The first kappa shape index (κ1) is 17.7. The van der Waals surface area contributed by atoms with E-state index in [9.17, 15) is 0 Å². The Balaban J connectivity index is 1.95. The molecule has 1 saturated heterocycles. The van der Waals surface area contributed by atoms with Crippen LogP contribution in [0, 0.1) is 13.8 Å². The second kappa shape index (κ2) is 8.31. The summed E-state index contributed by atoms with van der Waals surface area (Å²) < 4.78 is 16.7. The minimum Gasteiger partial charge on any atom is -0.444 e. The summed E-state index contributed by atoms with van der Waals surface area (Å²) in [6, 6.07) is 0. The molecule has 1 aromatic heterocycles. The molecule has 1 aliphatic rings. The summed E-state index contributed by atoms with van der Waals surface area (Å²) in [6.45, 7) is 9.25. The van der Waals surface area contributed by atoms with Crippen LogP contribution >= 0.6 is 0 Å². The largest absolute Gasteiger partial charge is 0.444 e. The average molecular weight is 324 g/mol. The van der Waals surface area contributed by atoms with Gasteiger partial charge >= 0.3 is 0 Å². The predicted molar refractivity (Wildman–Crippen MR) is 88.6 cm³/mol. The molecule has 0 spiro atoms. The molecule has 23 heavy (non-hydrogen) atoms. The van der Waals surface area contributed by atoms with Gasteiger partial charge in [-0.05, 0) is 20.8 Å². The summed E-state index contributed by atoms with van der Waals surface area (Å²) in [7, 11) is 1.76. The molecule has 0 radical (unpaired) electrons. The molecule has 0 saturated carbocycles. The average Bonchev–Trinajstić information content (AvgIpc) is 2.89. The predicted octanol–water partition coefficient (Wildman–Crippen LogP) is 1.54. The fourth-order valence-corrected chi connectivity index (χ4v) is 2.54. The SMILES string of the molecule is CCNC(=NCc1nc(C)c(C)o1)NCC1(OC)CCOCC1. The van der Waals surface area contributed by atoms with Crippen LogP contribution < -0.4 is 10.6 Å². The molecule has 0 bridgehead atoms. The summed E-state index contributed by atoms with van der Waals surface area (Å²) in [5, 5.41) is 6.60. The van der Waals surface area contributed by atoms with Crippen LogP contribution in [0.4, 0.5) is 0 Å². The minimum absolute atomic E-state index is 0.190. The highest BCUT2D eigenvalue weighted by Crippen LogP contribution is 2.23. The molecular formula is C16H28N4O3. The zero-order chi connectivity index (χ0) is 16.7. The van der Waals surface area contributed by atoms with Gasteiger partial charge in [-0.3, -0.25) is 0 Å². The quantitative estimate of drug-likeness (QED) is 0.610. The van der Waals surface area contributed by atoms with E-state index in [-0.39, 0.29) is 5.60 Å². The van der Waals surface area contributed by atoms with Crippen molar-refractivity contribution < 1.29 is 13.9 Å². The number of ether oxygens (including phenoxy) is 2. The van der Waals surface area contributed by atoms with E-state index in [1.807, 2.05) is 20.8 Å². The van der Waals surface area contributed by atoms with E-state index in [4.69, 9.17) is 13.9 Å². The van der Waals surface area contributed by atoms with Crippen LogP contribution in [0.3, 0.4) is 0 Å². The Labute approximate surface area is 137 Å². The summed E-state index contributed by atoms with van der Waals surface area (Å²) >= 11 is 0. The maximum atomic E-state index is 5.73. The molecule has 2 rings (SSSR count). The van der Waals surface area contributed by atoms with Gasteiger partial charge < -0.3 is 24.5 Å². The molecule has 2 heterocycles. The third-order valence-corrected chi connectivity index (χ3v) is 4.20. The third-order valence-electron chi connectivity index (χ3n) is 4.20. The van der Waals surface area contributed by atoms with Crippen LogP contribution in [-0.2, 0) is 16.0 Å². The van der Waals surface area contributed by atoms with Crippen molar-refractivity contribution in [3.05, 3.63) is 17.3 Å². The lowest BCUT2D eigenvalue weighted by molar-refractivity contribution is -0.0855.